The molecule has 2 N–H and O–H groups in total. The lowest BCUT2D eigenvalue weighted by Crippen LogP contribution is -2.51. The summed E-state index contributed by atoms with van der Waals surface area (Å²) in [6.45, 7) is 0.127. The summed E-state index contributed by atoms with van der Waals surface area (Å²) < 4.78 is 62.2. The van der Waals surface area contributed by atoms with Crippen LogP contribution >= 0.6 is 0 Å². The van der Waals surface area contributed by atoms with E-state index in [1.54, 1.807) is 23.0 Å². The van der Waals surface area contributed by atoms with E-state index in [0.717, 1.165) is 11.6 Å². The Bertz CT molecular complexity index is 1190. The first kappa shape index (κ1) is 23.4. The van der Waals surface area contributed by atoms with Crippen LogP contribution in [0.25, 0.3) is 11.3 Å². The number of benzene rings is 2. The van der Waals surface area contributed by atoms with Crippen molar-refractivity contribution < 1.29 is 27.0 Å². The molecule has 33 heavy (non-hydrogen) atoms. The average molecular weight is 479 g/mol. The molecule has 1 fully saturated rings. The molecule has 0 aliphatic carbocycles. The zero-order valence-electron chi connectivity index (χ0n) is 17.6. The number of nitrogens with one attached hydrogen (secondary N) is 1. The largest absolute Gasteiger partial charge is 0.394 e. The van der Waals surface area contributed by atoms with Crippen LogP contribution in [0.3, 0.4) is 0 Å². The highest BCUT2D eigenvalue weighted by Crippen LogP contribution is 2.25. The van der Waals surface area contributed by atoms with Gasteiger partial charge in [0.2, 0.25) is 10.0 Å². The summed E-state index contributed by atoms with van der Waals surface area (Å²) in [5.41, 5.74) is 1.37. The molecule has 3 atom stereocenters. The molecule has 2 aromatic carbocycles. The molecule has 3 aromatic rings. The van der Waals surface area contributed by atoms with Crippen molar-refractivity contribution in [2.75, 3.05) is 6.61 Å². The summed E-state index contributed by atoms with van der Waals surface area (Å²) >= 11 is 0. The van der Waals surface area contributed by atoms with Crippen molar-refractivity contribution in [3.8, 4) is 11.3 Å². The van der Waals surface area contributed by atoms with E-state index in [9.17, 15) is 22.3 Å². The first-order valence-electron chi connectivity index (χ1n) is 10.5. The number of aliphatic hydroxyl groups is 1. The Balaban J connectivity index is 1.34. The van der Waals surface area contributed by atoms with Crippen LogP contribution in [0, 0.1) is 11.6 Å². The van der Waals surface area contributed by atoms with E-state index in [1.807, 2.05) is 0 Å². The molecule has 1 aromatic heterocycles. The predicted octanol–water partition coefficient (Wildman–Crippen LogP) is 2.50. The molecule has 0 radical (unpaired) electrons. The van der Waals surface area contributed by atoms with Crippen molar-refractivity contribution in [2.45, 2.75) is 49.0 Å². The number of nitrogens with zero attached hydrogens (tertiary/aromatic N) is 3. The van der Waals surface area contributed by atoms with Crippen LogP contribution < -0.4 is 4.72 Å². The van der Waals surface area contributed by atoms with E-state index in [0.29, 0.717) is 31.5 Å². The third-order valence-electron chi connectivity index (χ3n) is 5.59. The second-order valence-electron chi connectivity index (χ2n) is 7.88. The van der Waals surface area contributed by atoms with Gasteiger partial charge in [0.15, 0.2) is 0 Å². The third-order valence-corrected chi connectivity index (χ3v) is 7.11. The van der Waals surface area contributed by atoms with Crippen LogP contribution in [0.4, 0.5) is 8.78 Å². The number of aliphatic hydroxyl groups excluding tert-OH is 1. The molecule has 11 heteroatoms. The van der Waals surface area contributed by atoms with Gasteiger partial charge in [0.1, 0.15) is 22.2 Å². The Labute approximate surface area is 190 Å². The Morgan fingerprint density at radius 3 is 2.61 bits per heavy atom. The molecule has 0 amide bonds. The van der Waals surface area contributed by atoms with Crippen molar-refractivity contribution in [3.63, 3.8) is 0 Å². The minimum Gasteiger partial charge on any atom is -0.394 e. The highest BCUT2D eigenvalue weighted by molar-refractivity contribution is 7.89. The molecule has 0 bridgehead atoms. The molecule has 0 spiro atoms. The molecular formula is C22H24F2N4O4S. The number of aryl methyl sites for hydroxylation is 1. The molecule has 1 aliphatic heterocycles. The van der Waals surface area contributed by atoms with E-state index in [2.05, 4.69) is 15.0 Å². The molecule has 176 valence electrons. The van der Waals surface area contributed by atoms with Gasteiger partial charge in [-0.15, -0.1) is 5.10 Å². The van der Waals surface area contributed by atoms with Gasteiger partial charge in [-0.25, -0.2) is 21.9 Å². The topological polar surface area (TPSA) is 106 Å². The van der Waals surface area contributed by atoms with Crippen LogP contribution in [0.5, 0.6) is 0 Å². The van der Waals surface area contributed by atoms with Gasteiger partial charge in [0.25, 0.3) is 0 Å². The molecule has 1 aliphatic rings. The lowest BCUT2D eigenvalue weighted by atomic mass is 9.98. The van der Waals surface area contributed by atoms with E-state index < -0.39 is 32.9 Å². The number of ether oxygens (including phenoxy) is 1. The number of aromatic nitrogens is 3. The first-order valence-corrected chi connectivity index (χ1v) is 12.0. The van der Waals surface area contributed by atoms with Crippen LogP contribution in [0.1, 0.15) is 19.3 Å². The highest BCUT2D eigenvalue weighted by atomic mass is 32.2. The van der Waals surface area contributed by atoms with E-state index in [-0.39, 0.29) is 18.5 Å². The molecule has 0 saturated carbocycles. The summed E-state index contributed by atoms with van der Waals surface area (Å²) in [4.78, 5) is -0.438. The maximum atomic E-state index is 13.9. The van der Waals surface area contributed by atoms with Gasteiger partial charge in [-0.1, -0.05) is 17.3 Å². The van der Waals surface area contributed by atoms with E-state index >= 15 is 0 Å². The number of halogens is 2. The van der Waals surface area contributed by atoms with Crippen LogP contribution in [0.2, 0.25) is 0 Å². The van der Waals surface area contributed by atoms with Crippen LogP contribution in [0.15, 0.2) is 59.6 Å². The standard InChI is InChI=1S/C22H24F2N4O4S/c23-16-7-5-15(6-8-16)20-13-28(27-25-20)12-11-17-9-10-19(21(14-29)32-17)26-33(30,31)22-4-2-1-3-18(22)24/h1-8,13,17,19,21,26,29H,9-12,14H2/t17-,19+,21-/m0/s1. The summed E-state index contributed by atoms with van der Waals surface area (Å²) in [5.74, 6) is -1.17. The number of sulfonamides is 1. The maximum absolute atomic E-state index is 13.9. The summed E-state index contributed by atoms with van der Waals surface area (Å²) in [6, 6.07) is 10.4. The van der Waals surface area contributed by atoms with Gasteiger partial charge < -0.3 is 9.84 Å². The van der Waals surface area contributed by atoms with Crippen molar-refractivity contribution in [1.82, 2.24) is 19.7 Å². The fourth-order valence-electron chi connectivity index (χ4n) is 3.84. The monoisotopic (exact) mass is 478 g/mol. The molecule has 1 saturated heterocycles. The van der Waals surface area contributed by atoms with Gasteiger partial charge in [0.05, 0.1) is 31.1 Å². The molecule has 8 nitrogen and oxygen atoms in total. The number of rotatable bonds is 8. The fraction of sp³-hybridized carbons (Fsp3) is 0.364. The van der Waals surface area contributed by atoms with E-state index in [4.69, 9.17) is 4.74 Å². The summed E-state index contributed by atoms with van der Waals surface area (Å²) in [7, 11) is -4.09. The van der Waals surface area contributed by atoms with Gasteiger partial charge >= 0.3 is 0 Å². The number of hydrogen-bond donors (Lipinski definition) is 2. The van der Waals surface area contributed by atoms with Crippen molar-refractivity contribution in [2.24, 2.45) is 0 Å². The van der Waals surface area contributed by atoms with Gasteiger partial charge in [-0.05, 0) is 55.7 Å². The predicted molar refractivity (Wildman–Crippen MR) is 116 cm³/mol. The fourth-order valence-corrected chi connectivity index (χ4v) is 5.22. The minimum absolute atomic E-state index is 0.213. The Kier molecular flexibility index (Phi) is 7.13. The second kappa shape index (κ2) is 10.0. The van der Waals surface area contributed by atoms with Crippen LogP contribution in [-0.2, 0) is 21.3 Å². The van der Waals surface area contributed by atoms with Crippen molar-refractivity contribution in [3.05, 3.63) is 66.4 Å². The molecule has 0 unspecified atom stereocenters. The SMILES string of the molecule is O=S(=O)(N[C@@H]1CC[C@@H](CCn2cc(-c3ccc(F)cc3)nn2)O[C@H]1CO)c1ccccc1F. The normalized spacial score (nSPS) is 21.2. The Hall–Kier alpha value is -2.73. The van der Waals surface area contributed by atoms with Gasteiger partial charge in [-0.3, -0.25) is 4.68 Å². The maximum Gasteiger partial charge on any atom is 0.243 e. The van der Waals surface area contributed by atoms with Crippen molar-refractivity contribution in [1.29, 1.82) is 0 Å². The second-order valence-corrected chi connectivity index (χ2v) is 9.56. The minimum atomic E-state index is -4.09. The molecule has 2 heterocycles. The van der Waals surface area contributed by atoms with Gasteiger partial charge in [-0.2, -0.15) is 0 Å². The van der Waals surface area contributed by atoms with E-state index in [1.165, 1.54) is 30.3 Å². The smallest absolute Gasteiger partial charge is 0.243 e. The summed E-state index contributed by atoms with van der Waals surface area (Å²) in [5, 5.41) is 17.9. The Morgan fingerprint density at radius 1 is 1.12 bits per heavy atom. The van der Waals surface area contributed by atoms with Crippen LogP contribution in [-0.4, -0.2) is 53.4 Å². The Morgan fingerprint density at radius 2 is 1.88 bits per heavy atom. The molecule has 4 rings (SSSR count). The number of hydrogen-bond acceptors (Lipinski definition) is 6. The van der Waals surface area contributed by atoms with Gasteiger partial charge in [0, 0.05) is 12.1 Å². The lowest BCUT2D eigenvalue weighted by Gasteiger charge is -2.36. The van der Waals surface area contributed by atoms with Crippen molar-refractivity contribution >= 4 is 10.0 Å². The zero-order valence-corrected chi connectivity index (χ0v) is 18.5. The third kappa shape index (κ3) is 5.61. The highest BCUT2D eigenvalue weighted by Gasteiger charge is 2.34. The zero-order chi connectivity index (χ0) is 23.4. The quantitative estimate of drug-likeness (QED) is 0.515. The molecular weight excluding hydrogens is 454 g/mol. The lowest BCUT2D eigenvalue weighted by molar-refractivity contribution is -0.0891. The average Bonchev–Trinajstić information content (AvgIpc) is 3.28. The summed E-state index contributed by atoms with van der Waals surface area (Å²) in [6.07, 6.45) is 2.36. The first-order chi connectivity index (χ1) is 15.9.